The Hall–Kier alpha value is -2.38. The maximum Gasteiger partial charge on any atom is 0.350 e. The van der Waals surface area contributed by atoms with E-state index >= 15 is 0 Å². The van der Waals surface area contributed by atoms with Gasteiger partial charge in [0.05, 0.1) is 18.6 Å². The van der Waals surface area contributed by atoms with Gasteiger partial charge in [-0.15, -0.1) is 11.3 Å². The van der Waals surface area contributed by atoms with Crippen LogP contribution in [-0.4, -0.2) is 36.1 Å². The van der Waals surface area contributed by atoms with Crippen LogP contribution in [0, 0.1) is 0 Å². The number of likely N-dealkylation sites (N-methyl/N-ethyl adjacent to an activating group) is 1. The summed E-state index contributed by atoms with van der Waals surface area (Å²) in [5.74, 6) is 0.349. The zero-order chi connectivity index (χ0) is 17.6. The number of nitrogens with two attached hydrogens (primary N) is 1. The first kappa shape index (κ1) is 16.1. The lowest BCUT2D eigenvalue weighted by molar-refractivity contribution is 0.0533. The van der Waals surface area contributed by atoms with E-state index in [4.69, 9.17) is 19.9 Å². The summed E-state index contributed by atoms with van der Waals surface area (Å²) in [6, 6.07) is 3.78. The Morgan fingerprint density at radius 1 is 1.52 bits per heavy atom. The Labute approximate surface area is 149 Å². The van der Waals surface area contributed by atoms with Crippen molar-refractivity contribution in [2.75, 3.05) is 25.9 Å². The van der Waals surface area contributed by atoms with Crippen LogP contribution in [-0.2, 0) is 17.7 Å². The average Bonchev–Trinajstić information content (AvgIpc) is 3.22. The van der Waals surface area contributed by atoms with Gasteiger partial charge in [-0.25, -0.2) is 9.78 Å². The number of esters is 1. The van der Waals surface area contributed by atoms with Gasteiger partial charge in [0.15, 0.2) is 0 Å². The van der Waals surface area contributed by atoms with Gasteiger partial charge in [0.1, 0.15) is 15.5 Å². The average molecular weight is 357 g/mol. The number of carbonyl (C=O) groups excluding carboxylic acids is 1. The predicted molar refractivity (Wildman–Crippen MR) is 97.7 cm³/mol. The summed E-state index contributed by atoms with van der Waals surface area (Å²) < 4.78 is 10.8. The van der Waals surface area contributed by atoms with Gasteiger partial charge < -0.3 is 19.8 Å². The van der Waals surface area contributed by atoms with E-state index < -0.39 is 5.97 Å². The summed E-state index contributed by atoms with van der Waals surface area (Å²) in [6.07, 6.45) is 2.51. The third-order valence-corrected chi connectivity index (χ3v) is 5.53. The highest BCUT2D eigenvalue weighted by Crippen LogP contribution is 2.43. The second kappa shape index (κ2) is 6.16. The molecule has 130 valence electrons. The van der Waals surface area contributed by atoms with E-state index in [0.29, 0.717) is 17.2 Å². The fourth-order valence-corrected chi connectivity index (χ4v) is 4.32. The minimum absolute atomic E-state index is 0.312. The van der Waals surface area contributed by atoms with Crippen molar-refractivity contribution in [1.82, 2.24) is 9.88 Å². The van der Waals surface area contributed by atoms with Gasteiger partial charge in [-0.05, 0) is 31.7 Å². The van der Waals surface area contributed by atoms with Crippen LogP contribution in [0.15, 0.2) is 22.8 Å². The van der Waals surface area contributed by atoms with Crippen molar-refractivity contribution in [3.05, 3.63) is 34.5 Å². The summed E-state index contributed by atoms with van der Waals surface area (Å²) >= 11 is 1.29. The summed E-state index contributed by atoms with van der Waals surface area (Å²) in [5, 5.41) is 0.789. The monoisotopic (exact) mass is 357 g/mol. The van der Waals surface area contributed by atoms with Crippen LogP contribution in [0.2, 0.25) is 0 Å². The number of hydrogen-bond donors (Lipinski definition) is 1. The van der Waals surface area contributed by atoms with E-state index in [2.05, 4.69) is 11.9 Å². The van der Waals surface area contributed by atoms with Crippen molar-refractivity contribution in [1.29, 1.82) is 0 Å². The first-order chi connectivity index (χ1) is 12.1. The largest absolute Gasteiger partial charge is 0.464 e. The first-order valence-electron chi connectivity index (χ1n) is 8.23. The molecule has 1 aliphatic rings. The van der Waals surface area contributed by atoms with Crippen molar-refractivity contribution in [3.63, 3.8) is 0 Å². The number of aromatic nitrogens is 1. The number of furan rings is 1. The van der Waals surface area contributed by atoms with E-state index in [0.717, 1.165) is 52.3 Å². The Kier molecular flexibility index (Phi) is 3.97. The third kappa shape index (κ3) is 2.60. The Bertz CT molecular complexity index is 947. The van der Waals surface area contributed by atoms with Gasteiger partial charge in [-0.1, -0.05) is 0 Å². The number of pyridine rings is 1. The number of fused-ring (bicyclic) bond motifs is 2. The van der Waals surface area contributed by atoms with Gasteiger partial charge in [0.2, 0.25) is 0 Å². The molecule has 25 heavy (non-hydrogen) atoms. The van der Waals surface area contributed by atoms with E-state index in [-0.39, 0.29) is 0 Å². The Balaban J connectivity index is 2.02. The molecular formula is C18H19N3O3S. The fourth-order valence-electron chi connectivity index (χ4n) is 3.30. The van der Waals surface area contributed by atoms with Crippen LogP contribution in [0.25, 0.3) is 21.5 Å². The highest BCUT2D eigenvalue weighted by atomic mass is 32.1. The van der Waals surface area contributed by atoms with Crippen LogP contribution in [0.4, 0.5) is 5.69 Å². The molecule has 4 heterocycles. The number of carbonyl (C=O) groups is 1. The summed E-state index contributed by atoms with van der Waals surface area (Å²) in [4.78, 5) is 20.5. The second-order valence-electron chi connectivity index (χ2n) is 6.12. The van der Waals surface area contributed by atoms with Gasteiger partial charge in [-0.3, -0.25) is 0 Å². The summed E-state index contributed by atoms with van der Waals surface area (Å²) in [6.45, 7) is 3.82. The summed E-state index contributed by atoms with van der Waals surface area (Å²) in [5.41, 5.74) is 9.90. The Morgan fingerprint density at radius 3 is 3.08 bits per heavy atom. The maximum absolute atomic E-state index is 12.3. The molecule has 0 atom stereocenters. The van der Waals surface area contributed by atoms with Crippen molar-refractivity contribution in [2.24, 2.45) is 0 Å². The smallest absolute Gasteiger partial charge is 0.350 e. The molecule has 2 N–H and O–H groups in total. The van der Waals surface area contributed by atoms with Gasteiger partial charge in [0.25, 0.3) is 0 Å². The van der Waals surface area contributed by atoms with Crippen molar-refractivity contribution in [2.45, 2.75) is 19.9 Å². The summed E-state index contributed by atoms with van der Waals surface area (Å²) in [7, 11) is 2.08. The van der Waals surface area contributed by atoms with Crippen molar-refractivity contribution >= 4 is 33.2 Å². The van der Waals surface area contributed by atoms with E-state index in [1.54, 1.807) is 13.2 Å². The zero-order valence-corrected chi connectivity index (χ0v) is 15.0. The van der Waals surface area contributed by atoms with Gasteiger partial charge >= 0.3 is 5.97 Å². The van der Waals surface area contributed by atoms with Gasteiger partial charge in [0, 0.05) is 36.2 Å². The normalized spacial score (nSPS) is 14.6. The standard InChI is InChI=1S/C18H19N3O3S/c1-3-23-18(22)16-15(19)14-13(12-5-4-8-24-12)10-9-21(2)7-6-11(10)20-17(14)25-16/h4-5,8H,3,6-7,9,19H2,1-2H3. The molecule has 1 aliphatic heterocycles. The van der Waals surface area contributed by atoms with E-state index in [9.17, 15) is 4.79 Å². The third-order valence-electron chi connectivity index (χ3n) is 4.45. The number of rotatable bonds is 3. The molecule has 0 radical (unpaired) electrons. The predicted octanol–water partition coefficient (Wildman–Crippen LogP) is 3.30. The molecule has 0 unspecified atom stereocenters. The SMILES string of the molecule is CCOC(=O)c1sc2nc3c(c(-c4ccco4)c2c1N)CN(C)CC3. The molecule has 4 rings (SSSR count). The number of ether oxygens (including phenoxy) is 1. The highest BCUT2D eigenvalue weighted by molar-refractivity contribution is 7.21. The minimum atomic E-state index is -0.400. The molecule has 7 heteroatoms. The number of anilines is 1. The van der Waals surface area contributed by atoms with Crippen molar-refractivity contribution < 1.29 is 13.9 Å². The molecule has 0 fully saturated rings. The van der Waals surface area contributed by atoms with Crippen LogP contribution < -0.4 is 5.73 Å². The molecule has 0 bridgehead atoms. The second-order valence-corrected chi connectivity index (χ2v) is 7.12. The number of nitrogens with zero attached hydrogens (tertiary/aromatic N) is 2. The van der Waals surface area contributed by atoms with Crippen molar-refractivity contribution in [3.8, 4) is 11.3 Å². The maximum atomic E-state index is 12.3. The molecule has 0 aromatic carbocycles. The lowest BCUT2D eigenvalue weighted by Crippen LogP contribution is -2.27. The number of nitrogen functional groups attached to an aromatic ring is 1. The molecule has 0 saturated carbocycles. The lowest BCUT2D eigenvalue weighted by Gasteiger charge is -2.26. The lowest BCUT2D eigenvalue weighted by atomic mass is 9.95. The molecule has 0 spiro atoms. The fraction of sp³-hybridized carbons (Fsp3) is 0.333. The Morgan fingerprint density at radius 2 is 2.36 bits per heavy atom. The molecule has 0 amide bonds. The zero-order valence-electron chi connectivity index (χ0n) is 14.2. The number of hydrogen-bond acceptors (Lipinski definition) is 7. The van der Waals surface area contributed by atoms with Crippen LogP contribution in [0.1, 0.15) is 27.9 Å². The molecule has 3 aromatic rings. The van der Waals surface area contributed by atoms with Crippen LogP contribution in [0.5, 0.6) is 0 Å². The molecule has 6 nitrogen and oxygen atoms in total. The molecule has 3 aromatic heterocycles. The minimum Gasteiger partial charge on any atom is -0.464 e. The highest BCUT2D eigenvalue weighted by Gasteiger charge is 2.28. The van der Waals surface area contributed by atoms with Crippen LogP contribution >= 0.6 is 11.3 Å². The quantitative estimate of drug-likeness (QED) is 0.724. The first-order valence-corrected chi connectivity index (χ1v) is 9.05. The van der Waals surface area contributed by atoms with E-state index in [1.807, 2.05) is 12.1 Å². The molecule has 0 saturated heterocycles. The van der Waals surface area contributed by atoms with E-state index in [1.165, 1.54) is 11.3 Å². The number of thiophene rings is 1. The molecular weight excluding hydrogens is 338 g/mol. The topological polar surface area (TPSA) is 81.6 Å². The van der Waals surface area contributed by atoms with Gasteiger partial charge in [-0.2, -0.15) is 0 Å². The van der Waals surface area contributed by atoms with Crippen LogP contribution in [0.3, 0.4) is 0 Å². The molecule has 0 aliphatic carbocycles.